The molecular formula is C28H30Cl2N2O2. The molecule has 0 aliphatic heterocycles. The maximum atomic E-state index is 13.6. The standard InChI is InChI=1S/C28H30Cl2N2O2/c1-2-3-15-31-28(34)26(18-21-9-5-4-6-10-21)32(20-23-12-8-14-25(30)17-23)27(33)19-22-11-7-13-24(29)16-22/h4-14,16-17,26H,2-3,15,18-20H2,1H3,(H,31,34)/t26-/m0/s1. The molecule has 4 nitrogen and oxygen atoms in total. The molecule has 0 saturated carbocycles. The lowest BCUT2D eigenvalue weighted by molar-refractivity contribution is -0.140. The highest BCUT2D eigenvalue weighted by Crippen LogP contribution is 2.19. The lowest BCUT2D eigenvalue weighted by Gasteiger charge is -2.32. The summed E-state index contributed by atoms with van der Waals surface area (Å²) in [7, 11) is 0. The van der Waals surface area contributed by atoms with Crippen LogP contribution in [0.25, 0.3) is 0 Å². The van der Waals surface area contributed by atoms with Crippen LogP contribution < -0.4 is 5.32 Å². The van der Waals surface area contributed by atoms with Crippen molar-refractivity contribution in [1.82, 2.24) is 10.2 Å². The molecule has 34 heavy (non-hydrogen) atoms. The van der Waals surface area contributed by atoms with Gasteiger partial charge in [-0.1, -0.05) is 91.1 Å². The summed E-state index contributed by atoms with van der Waals surface area (Å²) < 4.78 is 0. The van der Waals surface area contributed by atoms with E-state index in [0.29, 0.717) is 23.0 Å². The fourth-order valence-electron chi connectivity index (χ4n) is 3.82. The smallest absolute Gasteiger partial charge is 0.243 e. The first-order valence-electron chi connectivity index (χ1n) is 11.6. The van der Waals surface area contributed by atoms with Crippen molar-refractivity contribution < 1.29 is 9.59 Å². The fraction of sp³-hybridized carbons (Fsp3) is 0.286. The SMILES string of the molecule is CCCCNC(=O)[C@H](Cc1ccccc1)N(Cc1cccc(Cl)c1)C(=O)Cc1cccc(Cl)c1. The summed E-state index contributed by atoms with van der Waals surface area (Å²) in [4.78, 5) is 28.7. The van der Waals surface area contributed by atoms with Crippen LogP contribution in [-0.4, -0.2) is 29.3 Å². The summed E-state index contributed by atoms with van der Waals surface area (Å²) in [5.41, 5.74) is 2.66. The van der Waals surface area contributed by atoms with Crippen LogP contribution in [0, 0.1) is 0 Å². The number of halogens is 2. The molecule has 0 spiro atoms. The molecule has 0 aliphatic rings. The van der Waals surface area contributed by atoms with Gasteiger partial charge in [0, 0.05) is 29.6 Å². The largest absolute Gasteiger partial charge is 0.354 e. The molecule has 0 aromatic heterocycles. The molecule has 3 rings (SSSR count). The number of carbonyl (C=O) groups excluding carboxylic acids is 2. The summed E-state index contributed by atoms with van der Waals surface area (Å²) in [6, 6.07) is 23.8. The molecule has 3 aromatic rings. The van der Waals surface area contributed by atoms with Gasteiger partial charge < -0.3 is 10.2 Å². The Hall–Kier alpha value is -2.82. The first-order chi connectivity index (χ1) is 16.5. The normalized spacial score (nSPS) is 11.6. The van der Waals surface area contributed by atoms with Gasteiger partial charge in [0.1, 0.15) is 6.04 Å². The molecular weight excluding hydrogens is 467 g/mol. The van der Waals surface area contributed by atoms with Crippen molar-refractivity contribution in [3.8, 4) is 0 Å². The van der Waals surface area contributed by atoms with Crippen molar-refractivity contribution in [1.29, 1.82) is 0 Å². The van der Waals surface area contributed by atoms with E-state index in [9.17, 15) is 9.59 Å². The lowest BCUT2D eigenvalue weighted by Crippen LogP contribution is -2.51. The summed E-state index contributed by atoms with van der Waals surface area (Å²) in [6.45, 7) is 2.93. The molecule has 0 fully saturated rings. The highest BCUT2D eigenvalue weighted by molar-refractivity contribution is 6.30. The Morgan fingerprint density at radius 2 is 1.47 bits per heavy atom. The Morgan fingerprint density at radius 3 is 2.12 bits per heavy atom. The number of hydrogen-bond acceptors (Lipinski definition) is 2. The Balaban J connectivity index is 1.94. The van der Waals surface area contributed by atoms with Crippen LogP contribution in [0.4, 0.5) is 0 Å². The number of carbonyl (C=O) groups is 2. The van der Waals surface area contributed by atoms with Crippen LogP contribution in [0.3, 0.4) is 0 Å². The monoisotopic (exact) mass is 496 g/mol. The Bertz CT molecular complexity index is 1090. The second kappa shape index (κ2) is 13.2. The molecule has 6 heteroatoms. The van der Waals surface area contributed by atoms with Gasteiger partial charge in [-0.15, -0.1) is 0 Å². The van der Waals surface area contributed by atoms with Gasteiger partial charge in [0.25, 0.3) is 0 Å². The summed E-state index contributed by atoms with van der Waals surface area (Å²) in [5.74, 6) is -0.299. The highest BCUT2D eigenvalue weighted by Gasteiger charge is 2.30. The minimum Gasteiger partial charge on any atom is -0.354 e. The Kier molecular flexibility index (Phi) is 9.99. The van der Waals surface area contributed by atoms with Crippen molar-refractivity contribution >= 4 is 35.0 Å². The van der Waals surface area contributed by atoms with Gasteiger partial charge in [-0.25, -0.2) is 0 Å². The van der Waals surface area contributed by atoms with Gasteiger partial charge >= 0.3 is 0 Å². The Labute approximate surface area is 211 Å². The lowest BCUT2D eigenvalue weighted by atomic mass is 10.0. The molecule has 0 radical (unpaired) electrons. The number of amides is 2. The maximum absolute atomic E-state index is 13.6. The fourth-order valence-corrected chi connectivity index (χ4v) is 4.24. The van der Waals surface area contributed by atoms with Gasteiger partial charge in [0.2, 0.25) is 11.8 Å². The van der Waals surface area contributed by atoms with Crippen molar-refractivity contribution in [2.24, 2.45) is 0 Å². The molecule has 0 saturated heterocycles. The van der Waals surface area contributed by atoms with Crippen LogP contribution in [0.1, 0.15) is 36.5 Å². The van der Waals surface area contributed by atoms with Crippen LogP contribution in [0.2, 0.25) is 10.0 Å². The summed E-state index contributed by atoms with van der Waals surface area (Å²) in [6.07, 6.45) is 2.42. The topological polar surface area (TPSA) is 49.4 Å². The van der Waals surface area contributed by atoms with E-state index < -0.39 is 6.04 Å². The van der Waals surface area contributed by atoms with Crippen LogP contribution in [-0.2, 0) is 29.0 Å². The van der Waals surface area contributed by atoms with Crippen molar-refractivity contribution in [2.45, 2.75) is 45.2 Å². The van der Waals surface area contributed by atoms with Crippen molar-refractivity contribution in [2.75, 3.05) is 6.54 Å². The number of nitrogens with zero attached hydrogens (tertiary/aromatic N) is 1. The number of rotatable bonds is 11. The minimum atomic E-state index is -0.662. The molecule has 0 heterocycles. The van der Waals surface area contributed by atoms with E-state index in [-0.39, 0.29) is 24.8 Å². The Morgan fingerprint density at radius 1 is 0.853 bits per heavy atom. The van der Waals surface area contributed by atoms with Gasteiger partial charge in [-0.3, -0.25) is 9.59 Å². The van der Waals surface area contributed by atoms with Gasteiger partial charge in [0.05, 0.1) is 6.42 Å². The predicted molar refractivity (Wildman–Crippen MR) is 139 cm³/mol. The predicted octanol–water partition coefficient (Wildman–Crippen LogP) is 6.09. The van der Waals surface area contributed by atoms with E-state index in [4.69, 9.17) is 23.2 Å². The number of benzene rings is 3. The van der Waals surface area contributed by atoms with E-state index in [2.05, 4.69) is 12.2 Å². The van der Waals surface area contributed by atoms with E-state index in [1.54, 1.807) is 23.1 Å². The third-order valence-corrected chi connectivity index (χ3v) is 6.06. The molecule has 3 aromatic carbocycles. The van der Waals surface area contributed by atoms with E-state index >= 15 is 0 Å². The van der Waals surface area contributed by atoms with E-state index in [1.807, 2.05) is 60.7 Å². The zero-order chi connectivity index (χ0) is 24.3. The first kappa shape index (κ1) is 25.8. The van der Waals surface area contributed by atoms with Gasteiger partial charge in [-0.2, -0.15) is 0 Å². The van der Waals surface area contributed by atoms with Crippen LogP contribution in [0.15, 0.2) is 78.9 Å². The van der Waals surface area contributed by atoms with Crippen molar-refractivity contribution in [3.63, 3.8) is 0 Å². The maximum Gasteiger partial charge on any atom is 0.243 e. The minimum absolute atomic E-state index is 0.145. The first-order valence-corrected chi connectivity index (χ1v) is 12.3. The number of nitrogens with one attached hydrogen (secondary N) is 1. The number of hydrogen-bond donors (Lipinski definition) is 1. The molecule has 178 valence electrons. The van der Waals surface area contributed by atoms with E-state index in [1.165, 1.54) is 0 Å². The van der Waals surface area contributed by atoms with Crippen molar-refractivity contribution in [3.05, 3.63) is 106 Å². The summed E-state index contributed by atoms with van der Waals surface area (Å²) in [5, 5.41) is 4.19. The van der Waals surface area contributed by atoms with Gasteiger partial charge in [-0.05, 0) is 47.4 Å². The molecule has 0 bridgehead atoms. The summed E-state index contributed by atoms with van der Waals surface area (Å²) >= 11 is 12.4. The average molecular weight is 497 g/mol. The second-order valence-corrected chi connectivity index (χ2v) is 9.18. The molecule has 1 atom stereocenters. The number of unbranched alkanes of at least 4 members (excludes halogenated alkanes) is 1. The zero-order valence-electron chi connectivity index (χ0n) is 19.3. The van der Waals surface area contributed by atoms with Crippen LogP contribution in [0.5, 0.6) is 0 Å². The third kappa shape index (κ3) is 7.89. The third-order valence-electron chi connectivity index (χ3n) is 5.59. The quantitative estimate of drug-likeness (QED) is 0.326. The molecule has 0 unspecified atom stereocenters. The zero-order valence-corrected chi connectivity index (χ0v) is 20.9. The van der Waals surface area contributed by atoms with E-state index in [0.717, 1.165) is 29.5 Å². The van der Waals surface area contributed by atoms with Gasteiger partial charge in [0.15, 0.2) is 0 Å². The molecule has 0 aliphatic carbocycles. The second-order valence-electron chi connectivity index (χ2n) is 8.31. The van der Waals surface area contributed by atoms with Crippen LogP contribution >= 0.6 is 23.2 Å². The highest BCUT2D eigenvalue weighted by atomic mass is 35.5. The molecule has 2 amide bonds. The average Bonchev–Trinajstić information content (AvgIpc) is 2.82. The molecule has 1 N–H and O–H groups in total.